The van der Waals surface area contributed by atoms with E-state index in [1.807, 2.05) is 97.9 Å². The Morgan fingerprint density at radius 3 is 1.74 bits per heavy atom. The molecule has 230 valence electrons. The molecular weight excluding hydrogens is 567 g/mol. The van der Waals surface area contributed by atoms with E-state index in [2.05, 4.69) is 0 Å². The Morgan fingerprint density at radius 2 is 1.33 bits per heavy atom. The van der Waals surface area contributed by atoms with Crippen LogP contribution >= 0.6 is 7.67 Å². The van der Waals surface area contributed by atoms with E-state index >= 15 is 0 Å². The number of aliphatic hydroxyl groups excluding tert-OH is 1. The second-order valence-electron chi connectivity index (χ2n) is 10.7. The summed E-state index contributed by atoms with van der Waals surface area (Å²) in [6.07, 6.45) is -1.02. The van der Waals surface area contributed by atoms with Crippen molar-refractivity contribution in [1.29, 1.82) is 0 Å². The van der Waals surface area contributed by atoms with E-state index in [0.29, 0.717) is 6.42 Å². The largest absolute Gasteiger partial charge is 0.490 e. The second-order valence-corrected chi connectivity index (χ2v) is 13.4. The summed E-state index contributed by atoms with van der Waals surface area (Å²) in [5.41, 5.74) is 1.49. The Morgan fingerprint density at radius 1 is 0.860 bits per heavy atom. The van der Waals surface area contributed by atoms with Gasteiger partial charge in [0.05, 0.1) is 13.2 Å². The van der Waals surface area contributed by atoms with Gasteiger partial charge in [-0.3, -0.25) is 0 Å². The van der Waals surface area contributed by atoms with Crippen LogP contribution < -0.4 is 0 Å². The van der Waals surface area contributed by atoms with Gasteiger partial charge in [-0.05, 0) is 51.3 Å². The van der Waals surface area contributed by atoms with Crippen molar-refractivity contribution in [2.24, 2.45) is 0 Å². The topological polar surface area (TPSA) is 97.8 Å². The number of aliphatic hydroxyl groups is 1. The molecule has 0 saturated heterocycles. The number of esters is 1. The fourth-order valence-corrected chi connectivity index (χ4v) is 6.41. The van der Waals surface area contributed by atoms with Crippen molar-refractivity contribution in [2.45, 2.75) is 37.6 Å². The molecular formula is C33H41N2O7P. The van der Waals surface area contributed by atoms with E-state index in [1.165, 1.54) is 9.34 Å². The van der Waals surface area contributed by atoms with Crippen LogP contribution in [0.25, 0.3) is 0 Å². The maximum absolute atomic E-state index is 13.6. The summed E-state index contributed by atoms with van der Waals surface area (Å²) in [4.78, 5) is 13.1. The summed E-state index contributed by atoms with van der Waals surface area (Å²) in [6, 6.07) is 29.3. The standard InChI is InChI=1S/C33H41N2O7P/c1-6-7-23-39-30-29(41-32(37)31(30)42-43(38,34(2)3)35(4)5)28(36)24-40-33(25-17-11-8-12-18-25,26-19-13-9-14-20-26)27-21-15-10-16-22-27/h8-22,28-29,36H,6-7,23-24H2,1-5H3. The third-order valence-electron chi connectivity index (χ3n) is 7.24. The Hall–Kier alpha value is -3.46. The molecule has 1 aliphatic heterocycles. The van der Waals surface area contributed by atoms with Gasteiger partial charge in [0.2, 0.25) is 0 Å². The first kappa shape index (κ1) is 32.5. The minimum atomic E-state index is -3.63. The molecule has 0 radical (unpaired) electrons. The van der Waals surface area contributed by atoms with Crippen LogP contribution in [-0.4, -0.2) is 74.0 Å². The van der Waals surface area contributed by atoms with E-state index < -0.39 is 31.4 Å². The molecule has 10 heteroatoms. The van der Waals surface area contributed by atoms with Gasteiger partial charge >= 0.3 is 13.6 Å². The van der Waals surface area contributed by atoms with Crippen molar-refractivity contribution in [3.8, 4) is 0 Å². The molecule has 0 amide bonds. The highest BCUT2D eigenvalue weighted by Crippen LogP contribution is 2.54. The first-order valence-corrected chi connectivity index (χ1v) is 15.9. The predicted octanol–water partition coefficient (Wildman–Crippen LogP) is 5.56. The fraction of sp³-hybridized carbons (Fsp3) is 0.364. The van der Waals surface area contributed by atoms with Gasteiger partial charge in [0.15, 0.2) is 11.9 Å². The number of rotatable bonds is 15. The first-order valence-electron chi connectivity index (χ1n) is 14.4. The Kier molecular flexibility index (Phi) is 10.8. The van der Waals surface area contributed by atoms with E-state index in [9.17, 15) is 14.5 Å². The molecule has 0 bridgehead atoms. The van der Waals surface area contributed by atoms with Crippen LogP contribution in [-0.2, 0) is 33.7 Å². The van der Waals surface area contributed by atoms with E-state index in [4.69, 9.17) is 18.7 Å². The zero-order chi connectivity index (χ0) is 31.0. The van der Waals surface area contributed by atoms with Crippen LogP contribution in [0, 0.1) is 0 Å². The van der Waals surface area contributed by atoms with Crippen LogP contribution in [0.1, 0.15) is 36.5 Å². The third-order valence-corrected chi connectivity index (χ3v) is 9.68. The number of hydrogen-bond donors (Lipinski definition) is 1. The lowest BCUT2D eigenvalue weighted by Crippen LogP contribution is -2.40. The Bertz CT molecular complexity index is 1310. The summed E-state index contributed by atoms with van der Waals surface area (Å²) in [7, 11) is 2.74. The molecule has 9 nitrogen and oxygen atoms in total. The molecule has 3 aromatic carbocycles. The molecule has 4 rings (SSSR count). The smallest absolute Gasteiger partial charge is 0.395 e. The molecule has 1 aliphatic rings. The van der Waals surface area contributed by atoms with Crippen molar-refractivity contribution in [3.05, 3.63) is 119 Å². The lowest BCUT2D eigenvalue weighted by atomic mass is 9.80. The van der Waals surface area contributed by atoms with Gasteiger partial charge < -0.3 is 23.8 Å². The van der Waals surface area contributed by atoms with Gasteiger partial charge in [-0.1, -0.05) is 104 Å². The first-order chi connectivity index (χ1) is 20.6. The van der Waals surface area contributed by atoms with Crippen molar-refractivity contribution >= 4 is 13.6 Å². The highest BCUT2D eigenvalue weighted by Gasteiger charge is 2.47. The van der Waals surface area contributed by atoms with Crippen LogP contribution in [0.2, 0.25) is 0 Å². The maximum atomic E-state index is 13.6. The molecule has 0 aromatic heterocycles. The van der Waals surface area contributed by atoms with Gasteiger partial charge in [0.25, 0.3) is 5.76 Å². The minimum absolute atomic E-state index is 0.00297. The summed E-state index contributed by atoms with van der Waals surface area (Å²) < 4.78 is 40.6. The fourth-order valence-electron chi connectivity index (χ4n) is 4.97. The lowest BCUT2D eigenvalue weighted by Gasteiger charge is -2.37. The van der Waals surface area contributed by atoms with Crippen LogP contribution in [0.3, 0.4) is 0 Å². The summed E-state index contributed by atoms with van der Waals surface area (Å²) in [5, 5.41) is 11.6. The quantitative estimate of drug-likeness (QED) is 0.103. The minimum Gasteiger partial charge on any atom is -0.490 e. The van der Waals surface area contributed by atoms with E-state index in [1.54, 1.807) is 28.2 Å². The number of unbranched alkanes of at least 4 members (excludes halogenated alkanes) is 1. The van der Waals surface area contributed by atoms with Crippen molar-refractivity contribution in [1.82, 2.24) is 9.34 Å². The van der Waals surface area contributed by atoms with Gasteiger partial charge in [-0.15, -0.1) is 0 Å². The summed E-state index contributed by atoms with van der Waals surface area (Å²) >= 11 is 0. The highest BCUT2D eigenvalue weighted by molar-refractivity contribution is 7.54. The normalized spacial score (nSPS) is 16.5. The van der Waals surface area contributed by atoms with E-state index in [-0.39, 0.29) is 24.7 Å². The molecule has 0 fully saturated rings. The van der Waals surface area contributed by atoms with Crippen LogP contribution in [0.15, 0.2) is 103 Å². The van der Waals surface area contributed by atoms with Gasteiger partial charge in [0.1, 0.15) is 11.7 Å². The monoisotopic (exact) mass is 608 g/mol. The van der Waals surface area contributed by atoms with Gasteiger partial charge in [-0.25, -0.2) is 18.7 Å². The average Bonchev–Trinajstić information content (AvgIpc) is 3.33. The average molecular weight is 609 g/mol. The number of cyclic esters (lactones) is 1. The highest BCUT2D eigenvalue weighted by atomic mass is 31.2. The summed E-state index contributed by atoms with van der Waals surface area (Å²) in [6.45, 7) is 2.04. The number of nitrogens with zero attached hydrogens (tertiary/aromatic N) is 2. The maximum Gasteiger partial charge on any atom is 0.395 e. The lowest BCUT2D eigenvalue weighted by molar-refractivity contribution is -0.150. The number of carbonyl (C=O) groups excluding carboxylic acids is 1. The SMILES string of the molecule is CCCCOC1=C(OP(=O)(N(C)C)N(C)C)C(=O)OC1C(O)COC(c1ccccc1)(c1ccccc1)c1ccccc1. The van der Waals surface area contributed by atoms with Crippen LogP contribution in [0.5, 0.6) is 0 Å². The number of hydrogen-bond acceptors (Lipinski definition) is 7. The van der Waals surface area contributed by atoms with Gasteiger partial charge in [-0.2, -0.15) is 0 Å². The van der Waals surface area contributed by atoms with Crippen LogP contribution in [0.4, 0.5) is 0 Å². The number of carbonyl (C=O) groups is 1. The second kappa shape index (κ2) is 14.3. The van der Waals surface area contributed by atoms with Gasteiger partial charge in [0, 0.05) is 0 Å². The molecule has 1 heterocycles. The molecule has 1 N–H and O–H groups in total. The zero-order valence-electron chi connectivity index (χ0n) is 25.4. The predicted molar refractivity (Wildman–Crippen MR) is 165 cm³/mol. The number of benzene rings is 3. The molecule has 0 aliphatic carbocycles. The van der Waals surface area contributed by atoms with Crippen molar-refractivity contribution < 1.29 is 33.2 Å². The zero-order valence-corrected chi connectivity index (χ0v) is 26.3. The van der Waals surface area contributed by atoms with Crippen molar-refractivity contribution in [3.63, 3.8) is 0 Å². The number of ether oxygens (including phenoxy) is 3. The molecule has 3 aromatic rings. The van der Waals surface area contributed by atoms with E-state index in [0.717, 1.165) is 23.1 Å². The molecule has 0 spiro atoms. The molecule has 0 saturated carbocycles. The van der Waals surface area contributed by atoms with Crippen molar-refractivity contribution in [2.75, 3.05) is 41.4 Å². The molecule has 43 heavy (non-hydrogen) atoms. The Balaban J connectivity index is 1.73. The third kappa shape index (κ3) is 6.87. The Labute approximate surface area is 254 Å². The molecule has 2 atom stereocenters. The molecule has 2 unspecified atom stereocenters. The summed E-state index contributed by atoms with van der Waals surface area (Å²) in [5.74, 6) is -1.17.